The van der Waals surface area contributed by atoms with Crippen LogP contribution in [0.25, 0.3) is 0 Å². The average molecular weight is 505 g/mol. The first-order chi connectivity index (χ1) is 15.5. The third-order valence-electron chi connectivity index (χ3n) is 5.75. The van der Waals surface area contributed by atoms with Gasteiger partial charge in [0.15, 0.2) is 5.67 Å². The van der Waals surface area contributed by atoms with Crippen molar-refractivity contribution >= 4 is 34.8 Å². The van der Waals surface area contributed by atoms with Gasteiger partial charge in [0.1, 0.15) is 6.61 Å². The summed E-state index contributed by atoms with van der Waals surface area (Å²) in [7, 11) is 1.38. The maximum atomic E-state index is 15.1. The normalized spacial score (nSPS) is 21.9. The number of likely N-dealkylation sites (tertiary alicyclic amines) is 1. The molecule has 33 heavy (non-hydrogen) atoms. The van der Waals surface area contributed by atoms with Crippen molar-refractivity contribution in [2.24, 2.45) is 5.16 Å². The standard InChI is InChI=1S/C22H18Cl2F4N2O3/c1-32-10-19(31)30-11-20(25,12-30)14-4-2-13(3-5-14)18-9-21(33-29-18,22(26,27)28)15-6-16(23)8-17(24)7-15/h2-8H,9-12H2,1H3. The van der Waals surface area contributed by atoms with Crippen molar-refractivity contribution in [1.29, 1.82) is 0 Å². The Balaban J connectivity index is 1.53. The molecule has 0 aromatic heterocycles. The molecule has 0 saturated carbocycles. The second-order valence-corrected chi connectivity index (χ2v) is 8.89. The van der Waals surface area contributed by atoms with E-state index in [1.807, 2.05) is 0 Å². The molecule has 0 aliphatic carbocycles. The van der Waals surface area contributed by atoms with Gasteiger partial charge in [-0.15, -0.1) is 0 Å². The summed E-state index contributed by atoms with van der Waals surface area (Å²) in [5.74, 6) is -0.315. The molecular formula is C22H18Cl2F4N2O3. The molecule has 2 aromatic rings. The second-order valence-electron chi connectivity index (χ2n) is 8.01. The number of hydrogen-bond donors (Lipinski definition) is 0. The van der Waals surface area contributed by atoms with Gasteiger partial charge in [-0.2, -0.15) is 13.2 Å². The number of ether oxygens (including phenoxy) is 1. The lowest BCUT2D eigenvalue weighted by Crippen LogP contribution is -2.59. The number of alkyl halides is 4. The number of oxime groups is 1. The van der Waals surface area contributed by atoms with Crippen molar-refractivity contribution in [2.45, 2.75) is 23.9 Å². The van der Waals surface area contributed by atoms with E-state index >= 15 is 4.39 Å². The molecule has 2 aliphatic heterocycles. The zero-order valence-corrected chi connectivity index (χ0v) is 18.8. The summed E-state index contributed by atoms with van der Waals surface area (Å²) in [5.41, 5.74) is -4.02. The molecule has 2 heterocycles. The summed E-state index contributed by atoms with van der Waals surface area (Å²) in [6, 6.07) is 9.51. The Morgan fingerprint density at radius 3 is 2.27 bits per heavy atom. The van der Waals surface area contributed by atoms with Crippen molar-refractivity contribution in [3.8, 4) is 0 Å². The van der Waals surface area contributed by atoms with Crippen molar-refractivity contribution in [2.75, 3.05) is 26.8 Å². The van der Waals surface area contributed by atoms with E-state index in [2.05, 4.69) is 5.16 Å². The van der Waals surface area contributed by atoms with E-state index in [9.17, 15) is 18.0 Å². The number of rotatable bonds is 5. The largest absolute Gasteiger partial charge is 0.435 e. The molecule has 11 heteroatoms. The third kappa shape index (κ3) is 4.29. The minimum absolute atomic E-state index is 0.0364. The number of amides is 1. The summed E-state index contributed by atoms with van der Waals surface area (Å²) in [4.78, 5) is 18.1. The highest BCUT2D eigenvalue weighted by Crippen LogP contribution is 2.49. The Morgan fingerprint density at radius 2 is 1.73 bits per heavy atom. The monoisotopic (exact) mass is 504 g/mol. The molecule has 1 atom stereocenters. The molecule has 176 valence electrons. The Labute approximate surface area is 196 Å². The molecule has 1 fully saturated rings. The van der Waals surface area contributed by atoms with Crippen LogP contribution in [-0.4, -0.2) is 49.5 Å². The van der Waals surface area contributed by atoms with Gasteiger partial charge in [0.25, 0.3) is 5.60 Å². The van der Waals surface area contributed by atoms with Crippen molar-refractivity contribution in [3.05, 3.63) is 69.2 Å². The van der Waals surface area contributed by atoms with Crippen LogP contribution in [0.1, 0.15) is 23.1 Å². The molecule has 1 unspecified atom stereocenters. The summed E-state index contributed by atoms with van der Waals surface area (Å²) >= 11 is 11.8. The van der Waals surface area contributed by atoms with Gasteiger partial charge in [0, 0.05) is 29.1 Å². The van der Waals surface area contributed by atoms with Gasteiger partial charge in [-0.25, -0.2) is 4.39 Å². The van der Waals surface area contributed by atoms with Gasteiger partial charge in [-0.3, -0.25) is 4.79 Å². The predicted molar refractivity (Wildman–Crippen MR) is 114 cm³/mol. The first-order valence-electron chi connectivity index (χ1n) is 9.82. The van der Waals surface area contributed by atoms with Crippen LogP contribution in [0.15, 0.2) is 47.6 Å². The quantitative estimate of drug-likeness (QED) is 0.524. The highest BCUT2D eigenvalue weighted by Gasteiger charge is 2.62. The molecule has 4 rings (SSSR count). The summed E-state index contributed by atoms with van der Waals surface area (Å²) < 4.78 is 62.2. The van der Waals surface area contributed by atoms with E-state index in [0.717, 1.165) is 12.1 Å². The molecule has 1 saturated heterocycles. The van der Waals surface area contributed by atoms with Crippen LogP contribution in [0.4, 0.5) is 17.6 Å². The van der Waals surface area contributed by atoms with Crippen molar-refractivity contribution in [3.63, 3.8) is 0 Å². The summed E-state index contributed by atoms with van der Waals surface area (Å²) in [5, 5.41) is 3.77. The van der Waals surface area contributed by atoms with Crippen LogP contribution in [0.5, 0.6) is 0 Å². The topological polar surface area (TPSA) is 51.1 Å². The number of methoxy groups -OCH3 is 1. The molecule has 5 nitrogen and oxygen atoms in total. The predicted octanol–water partition coefficient (Wildman–Crippen LogP) is 5.23. The van der Waals surface area contributed by atoms with Gasteiger partial charge in [0.05, 0.1) is 18.8 Å². The van der Waals surface area contributed by atoms with Crippen LogP contribution in [-0.2, 0) is 25.6 Å². The van der Waals surface area contributed by atoms with Gasteiger partial charge in [0.2, 0.25) is 5.91 Å². The third-order valence-corrected chi connectivity index (χ3v) is 6.19. The highest BCUT2D eigenvalue weighted by atomic mass is 35.5. The van der Waals surface area contributed by atoms with Crippen LogP contribution < -0.4 is 0 Å². The highest BCUT2D eigenvalue weighted by molar-refractivity contribution is 6.34. The van der Waals surface area contributed by atoms with E-state index in [-0.39, 0.29) is 46.9 Å². The van der Waals surface area contributed by atoms with E-state index in [0.29, 0.717) is 11.1 Å². The fraction of sp³-hybridized carbons (Fsp3) is 0.364. The SMILES string of the molecule is COCC(=O)N1CC(F)(c2ccc(C3=NOC(c4cc(Cl)cc(Cl)c4)(C(F)(F)F)C3)cc2)C1. The van der Waals surface area contributed by atoms with Crippen LogP contribution in [0, 0.1) is 0 Å². The Kier molecular flexibility index (Phi) is 6.09. The number of nitrogens with zero attached hydrogens (tertiary/aromatic N) is 2. The molecule has 2 aliphatic rings. The van der Waals surface area contributed by atoms with E-state index in [4.69, 9.17) is 32.8 Å². The van der Waals surface area contributed by atoms with Crippen molar-refractivity contribution in [1.82, 2.24) is 4.90 Å². The minimum atomic E-state index is -4.81. The first kappa shape index (κ1) is 23.8. The van der Waals surface area contributed by atoms with Crippen LogP contribution >= 0.6 is 23.2 Å². The molecule has 0 N–H and O–H groups in total. The lowest BCUT2D eigenvalue weighted by atomic mass is 9.85. The van der Waals surface area contributed by atoms with E-state index in [1.54, 1.807) is 0 Å². The minimum Gasteiger partial charge on any atom is -0.375 e. The second kappa shape index (κ2) is 8.45. The van der Waals surface area contributed by atoms with Gasteiger partial charge >= 0.3 is 6.18 Å². The van der Waals surface area contributed by atoms with E-state index < -0.39 is 23.9 Å². The zero-order valence-electron chi connectivity index (χ0n) is 17.3. The Bertz CT molecular complexity index is 1080. The number of hydrogen-bond acceptors (Lipinski definition) is 4. The molecule has 0 bridgehead atoms. The van der Waals surface area contributed by atoms with Crippen LogP contribution in [0.2, 0.25) is 10.0 Å². The molecule has 2 aromatic carbocycles. The molecular weight excluding hydrogens is 487 g/mol. The fourth-order valence-corrected chi connectivity index (χ4v) is 4.47. The summed E-state index contributed by atoms with van der Waals surface area (Å²) in [6.07, 6.45) is -5.41. The zero-order chi connectivity index (χ0) is 24.0. The summed E-state index contributed by atoms with van der Waals surface area (Å²) in [6.45, 7) is -0.371. The van der Waals surface area contributed by atoms with E-state index in [1.165, 1.54) is 42.3 Å². The van der Waals surface area contributed by atoms with Gasteiger partial charge in [-0.1, -0.05) is 52.6 Å². The fourth-order valence-electron chi connectivity index (χ4n) is 3.94. The lowest BCUT2D eigenvalue weighted by Gasteiger charge is -2.44. The number of carbonyl (C=O) groups excluding carboxylic acids is 1. The molecule has 0 radical (unpaired) electrons. The van der Waals surface area contributed by atoms with Crippen LogP contribution in [0.3, 0.4) is 0 Å². The number of halogens is 6. The Morgan fingerprint density at radius 1 is 1.12 bits per heavy atom. The Hall–Kier alpha value is -2.36. The number of carbonyl (C=O) groups is 1. The smallest absolute Gasteiger partial charge is 0.375 e. The first-order valence-corrected chi connectivity index (χ1v) is 10.6. The van der Waals surface area contributed by atoms with Gasteiger partial charge in [-0.05, 0) is 29.3 Å². The number of benzene rings is 2. The maximum absolute atomic E-state index is 15.1. The molecule has 1 amide bonds. The lowest BCUT2D eigenvalue weighted by molar-refractivity contribution is -0.275. The average Bonchev–Trinajstić information content (AvgIpc) is 3.18. The maximum Gasteiger partial charge on any atom is 0.435 e. The van der Waals surface area contributed by atoms with Crippen molar-refractivity contribution < 1.29 is 31.9 Å². The molecule has 0 spiro atoms. The van der Waals surface area contributed by atoms with Gasteiger partial charge < -0.3 is 14.5 Å².